The molecule has 0 aromatic rings. The van der Waals surface area contributed by atoms with E-state index in [9.17, 15) is 0 Å². The first-order valence-electron chi connectivity index (χ1n) is 7.14. The Bertz CT molecular complexity index is 162. The van der Waals surface area contributed by atoms with Gasteiger partial charge in [0.05, 0.1) is 0 Å². The van der Waals surface area contributed by atoms with Gasteiger partial charge >= 0.3 is 14.4 Å². The molecule has 0 fully saturated rings. The van der Waals surface area contributed by atoms with Crippen molar-refractivity contribution in [3.63, 3.8) is 0 Å². The van der Waals surface area contributed by atoms with Crippen molar-refractivity contribution in [3.8, 4) is 0 Å². The van der Waals surface area contributed by atoms with E-state index in [1.54, 1.807) is 0 Å². The SMILES string of the molecule is CC[CH](C)[Al]([CH](C)CC)[N](C(C)C)C(C)C. The lowest BCUT2D eigenvalue weighted by Crippen LogP contribution is -2.52. The Hall–Kier alpha value is 0.492. The summed E-state index contributed by atoms with van der Waals surface area (Å²) in [6, 6.07) is 1.42. The molecule has 16 heavy (non-hydrogen) atoms. The molecule has 0 spiro atoms. The number of nitrogens with zero attached hydrogens (tertiary/aromatic N) is 1. The zero-order valence-electron chi connectivity index (χ0n) is 12.7. The summed E-state index contributed by atoms with van der Waals surface area (Å²) in [4.78, 5) is 0. The average Bonchev–Trinajstić information content (AvgIpc) is 2.22. The Kier molecular flexibility index (Phi) is 7.99. The molecule has 2 unspecified atom stereocenters. The van der Waals surface area contributed by atoms with Crippen LogP contribution < -0.4 is 0 Å². The van der Waals surface area contributed by atoms with E-state index < -0.39 is 14.4 Å². The fourth-order valence-corrected chi connectivity index (χ4v) is 7.56. The molecule has 0 rings (SSSR count). The Balaban J connectivity index is 4.96. The maximum Gasteiger partial charge on any atom is 0.379 e. The quantitative estimate of drug-likeness (QED) is 0.584. The van der Waals surface area contributed by atoms with Gasteiger partial charge in [-0.3, -0.25) is 0 Å². The van der Waals surface area contributed by atoms with Gasteiger partial charge in [0.25, 0.3) is 0 Å². The highest BCUT2D eigenvalue weighted by molar-refractivity contribution is 6.59. The van der Waals surface area contributed by atoms with Crippen LogP contribution in [0, 0.1) is 0 Å². The molecule has 0 aliphatic heterocycles. The lowest BCUT2D eigenvalue weighted by Gasteiger charge is -2.41. The van der Waals surface area contributed by atoms with Crippen LogP contribution in [0.1, 0.15) is 68.2 Å². The highest BCUT2D eigenvalue weighted by Crippen LogP contribution is 2.31. The Morgan fingerprint density at radius 1 is 0.750 bits per heavy atom. The van der Waals surface area contributed by atoms with E-state index >= 15 is 0 Å². The van der Waals surface area contributed by atoms with Crippen LogP contribution in [0.4, 0.5) is 0 Å². The first-order chi connectivity index (χ1) is 7.36. The summed E-state index contributed by atoms with van der Waals surface area (Å²) in [6.45, 7) is 19.1. The normalized spacial score (nSPS) is 15.9. The molecule has 0 aromatic carbocycles. The Morgan fingerprint density at radius 2 is 1.06 bits per heavy atom. The molecule has 0 aliphatic rings. The van der Waals surface area contributed by atoms with E-state index in [0.717, 1.165) is 9.56 Å². The highest BCUT2D eigenvalue weighted by Gasteiger charge is 2.38. The van der Waals surface area contributed by atoms with E-state index in [1.165, 1.54) is 12.8 Å². The lowest BCUT2D eigenvalue weighted by molar-refractivity contribution is 0.291. The molecule has 0 heterocycles. The van der Waals surface area contributed by atoms with E-state index in [2.05, 4.69) is 59.3 Å². The monoisotopic (exact) mass is 241 g/mol. The topological polar surface area (TPSA) is 3.24 Å². The van der Waals surface area contributed by atoms with Gasteiger partial charge < -0.3 is 3.88 Å². The molecule has 0 aromatic heterocycles. The minimum absolute atomic E-state index is 0.708. The molecular formula is C14H32AlN. The first-order valence-corrected chi connectivity index (χ1v) is 8.99. The first kappa shape index (κ1) is 16.5. The molecule has 0 saturated carbocycles. The zero-order chi connectivity index (χ0) is 12.9. The predicted octanol–water partition coefficient (Wildman–Crippen LogP) is 4.70. The van der Waals surface area contributed by atoms with Crippen LogP contribution >= 0.6 is 0 Å². The molecule has 0 aliphatic carbocycles. The second kappa shape index (κ2) is 7.75. The third-order valence-corrected chi connectivity index (χ3v) is 9.15. The van der Waals surface area contributed by atoms with Gasteiger partial charge in [-0.05, 0) is 12.1 Å². The summed E-state index contributed by atoms with van der Waals surface area (Å²) in [5, 5.41) is 0. The van der Waals surface area contributed by atoms with Crippen LogP contribution in [-0.4, -0.2) is 30.3 Å². The molecule has 0 radical (unpaired) electrons. The standard InChI is InChI=1S/C6H14N.2C4H9.Al/c1-5(2)7-6(3)4;2*1-3-4-2;/h5-6H,1-4H3;2*3H,4H2,1-2H3;/q-1;;;+1. The molecule has 0 saturated heterocycles. The van der Waals surface area contributed by atoms with Crippen LogP contribution in [0.2, 0.25) is 9.56 Å². The van der Waals surface area contributed by atoms with Gasteiger partial charge in [-0.15, -0.1) is 0 Å². The van der Waals surface area contributed by atoms with Crippen LogP contribution in [0.25, 0.3) is 0 Å². The summed E-state index contributed by atoms with van der Waals surface area (Å²) < 4.78 is 4.71. The van der Waals surface area contributed by atoms with E-state index in [1.807, 2.05) is 0 Å². The van der Waals surface area contributed by atoms with Crippen LogP contribution in [0.15, 0.2) is 0 Å². The maximum absolute atomic E-state index is 2.85. The number of hydrogen-bond acceptors (Lipinski definition) is 1. The predicted molar refractivity (Wildman–Crippen MR) is 77.3 cm³/mol. The van der Waals surface area contributed by atoms with Crippen molar-refractivity contribution in [2.24, 2.45) is 0 Å². The van der Waals surface area contributed by atoms with Crippen molar-refractivity contribution in [1.29, 1.82) is 0 Å². The molecule has 2 heteroatoms. The largest absolute Gasteiger partial charge is 0.380 e. The van der Waals surface area contributed by atoms with Gasteiger partial charge in [0.15, 0.2) is 0 Å². The smallest absolute Gasteiger partial charge is 0.379 e. The zero-order valence-corrected chi connectivity index (χ0v) is 13.9. The molecule has 0 N–H and O–H groups in total. The third-order valence-electron chi connectivity index (χ3n) is 3.99. The number of hydrogen-bond donors (Lipinski definition) is 0. The van der Waals surface area contributed by atoms with Gasteiger partial charge in [0.2, 0.25) is 0 Å². The second-order valence-electron chi connectivity index (χ2n) is 5.90. The summed E-state index contributed by atoms with van der Waals surface area (Å²) in [7, 11) is 0. The van der Waals surface area contributed by atoms with Gasteiger partial charge in [0, 0.05) is 0 Å². The third kappa shape index (κ3) is 4.40. The lowest BCUT2D eigenvalue weighted by atomic mass is 10.3. The average molecular weight is 241 g/mol. The van der Waals surface area contributed by atoms with Crippen molar-refractivity contribution in [2.75, 3.05) is 0 Å². The van der Waals surface area contributed by atoms with Gasteiger partial charge in [-0.1, -0.05) is 77.8 Å². The molecular weight excluding hydrogens is 209 g/mol. The Morgan fingerprint density at radius 3 is 1.25 bits per heavy atom. The highest BCUT2D eigenvalue weighted by atomic mass is 27.2. The van der Waals surface area contributed by atoms with Crippen LogP contribution in [0.5, 0.6) is 0 Å². The van der Waals surface area contributed by atoms with Crippen LogP contribution in [0.3, 0.4) is 0 Å². The van der Waals surface area contributed by atoms with Crippen molar-refractivity contribution in [3.05, 3.63) is 0 Å². The maximum atomic E-state index is 2.85. The summed E-state index contributed by atoms with van der Waals surface area (Å²) in [5.74, 6) is 0. The number of rotatable bonds is 7. The minimum Gasteiger partial charge on any atom is -0.380 e. The molecule has 2 atom stereocenters. The van der Waals surface area contributed by atoms with Gasteiger partial charge in [-0.2, -0.15) is 0 Å². The van der Waals surface area contributed by atoms with Crippen molar-refractivity contribution in [2.45, 2.75) is 89.9 Å². The van der Waals surface area contributed by atoms with Gasteiger partial charge in [-0.25, -0.2) is 0 Å². The van der Waals surface area contributed by atoms with Crippen molar-refractivity contribution >= 4 is 14.4 Å². The van der Waals surface area contributed by atoms with E-state index in [0.29, 0.717) is 12.1 Å². The molecule has 1 nitrogen and oxygen atoms in total. The molecule has 96 valence electrons. The Labute approximate surface area is 108 Å². The fourth-order valence-electron chi connectivity index (χ4n) is 2.92. The second-order valence-corrected chi connectivity index (χ2v) is 9.75. The van der Waals surface area contributed by atoms with Crippen molar-refractivity contribution < 1.29 is 0 Å². The van der Waals surface area contributed by atoms with Crippen molar-refractivity contribution in [1.82, 2.24) is 3.88 Å². The minimum atomic E-state index is -0.819. The summed E-state index contributed by atoms with van der Waals surface area (Å²) in [5.41, 5.74) is 0. The van der Waals surface area contributed by atoms with Crippen LogP contribution in [-0.2, 0) is 0 Å². The molecule has 0 amide bonds. The fraction of sp³-hybridized carbons (Fsp3) is 1.00. The molecule has 0 bridgehead atoms. The van der Waals surface area contributed by atoms with E-state index in [4.69, 9.17) is 0 Å². The van der Waals surface area contributed by atoms with Gasteiger partial charge in [0.1, 0.15) is 0 Å². The summed E-state index contributed by atoms with van der Waals surface area (Å²) in [6.07, 6.45) is 2.69. The van der Waals surface area contributed by atoms with E-state index in [-0.39, 0.29) is 0 Å². The summed E-state index contributed by atoms with van der Waals surface area (Å²) >= 11 is -0.819.